The standard InChI is InChI=1S/C18H28N4O.2ClH/c19-17-3-1-2-15(17)12-18(23)21-16-6-10-22(11-7-16)13-14-4-8-20-9-5-14;;/h4-5,8-9,15-17H,1-3,6-7,10-13,19H2,(H,21,23);2*1H/t15-,17+;;/m0../s1. The molecule has 1 saturated carbocycles. The average Bonchev–Trinajstić information content (AvgIpc) is 2.95. The molecule has 5 nitrogen and oxygen atoms in total. The van der Waals surface area contributed by atoms with Crippen molar-refractivity contribution in [3.63, 3.8) is 0 Å². The number of piperidine rings is 1. The summed E-state index contributed by atoms with van der Waals surface area (Å²) in [7, 11) is 0. The van der Waals surface area contributed by atoms with E-state index in [-0.39, 0.29) is 36.8 Å². The van der Waals surface area contributed by atoms with E-state index in [0.717, 1.165) is 45.3 Å². The Morgan fingerprint density at radius 3 is 2.44 bits per heavy atom. The van der Waals surface area contributed by atoms with Gasteiger partial charge in [-0.3, -0.25) is 14.7 Å². The van der Waals surface area contributed by atoms with Crippen molar-refractivity contribution in [2.45, 2.75) is 57.2 Å². The van der Waals surface area contributed by atoms with E-state index in [1.807, 2.05) is 12.4 Å². The highest BCUT2D eigenvalue weighted by molar-refractivity contribution is 5.85. The van der Waals surface area contributed by atoms with Crippen LogP contribution in [-0.2, 0) is 11.3 Å². The fraction of sp³-hybridized carbons (Fsp3) is 0.667. The fourth-order valence-electron chi connectivity index (χ4n) is 3.83. The lowest BCUT2D eigenvalue weighted by atomic mass is 9.98. The van der Waals surface area contributed by atoms with Gasteiger partial charge in [0.15, 0.2) is 0 Å². The molecule has 0 spiro atoms. The molecule has 142 valence electrons. The maximum absolute atomic E-state index is 12.2. The number of amides is 1. The van der Waals surface area contributed by atoms with Crippen LogP contribution in [0.5, 0.6) is 0 Å². The third kappa shape index (κ3) is 6.74. The molecule has 0 aromatic carbocycles. The van der Waals surface area contributed by atoms with E-state index in [1.54, 1.807) is 0 Å². The molecule has 2 atom stereocenters. The lowest BCUT2D eigenvalue weighted by Gasteiger charge is -2.32. The van der Waals surface area contributed by atoms with Gasteiger partial charge in [-0.1, -0.05) is 6.42 Å². The third-order valence-electron chi connectivity index (χ3n) is 5.27. The van der Waals surface area contributed by atoms with Crippen molar-refractivity contribution in [2.75, 3.05) is 13.1 Å². The second-order valence-electron chi connectivity index (χ2n) is 7.03. The summed E-state index contributed by atoms with van der Waals surface area (Å²) >= 11 is 0. The van der Waals surface area contributed by atoms with Crippen LogP contribution in [0.25, 0.3) is 0 Å². The second kappa shape index (κ2) is 11.0. The van der Waals surface area contributed by atoms with Gasteiger partial charge < -0.3 is 11.1 Å². The summed E-state index contributed by atoms with van der Waals surface area (Å²) in [4.78, 5) is 18.7. The number of hydrogen-bond donors (Lipinski definition) is 2. The summed E-state index contributed by atoms with van der Waals surface area (Å²) in [6.45, 7) is 3.05. The smallest absolute Gasteiger partial charge is 0.220 e. The third-order valence-corrected chi connectivity index (χ3v) is 5.27. The molecule has 1 aromatic rings. The largest absolute Gasteiger partial charge is 0.353 e. The van der Waals surface area contributed by atoms with E-state index >= 15 is 0 Å². The van der Waals surface area contributed by atoms with Gasteiger partial charge in [-0.25, -0.2) is 0 Å². The van der Waals surface area contributed by atoms with Crippen LogP contribution >= 0.6 is 24.8 Å². The van der Waals surface area contributed by atoms with Gasteiger partial charge in [0.2, 0.25) is 5.91 Å². The van der Waals surface area contributed by atoms with E-state index < -0.39 is 0 Å². The first-order valence-corrected chi connectivity index (χ1v) is 8.87. The molecule has 1 amide bonds. The Hall–Kier alpha value is -0.880. The van der Waals surface area contributed by atoms with Crippen molar-refractivity contribution < 1.29 is 4.79 Å². The molecule has 3 N–H and O–H groups in total. The Morgan fingerprint density at radius 1 is 1.16 bits per heavy atom. The van der Waals surface area contributed by atoms with Crippen molar-refractivity contribution in [3.05, 3.63) is 30.1 Å². The number of hydrogen-bond acceptors (Lipinski definition) is 4. The molecule has 0 bridgehead atoms. The number of carbonyl (C=O) groups is 1. The molecule has 0 radical (unpaired) electrons. The number of likely N-dealkylation sites (tertiary alicyclic amines) is 1. The van der Waals surface area contributed by atoms with Crippen LogP contribution in [0.15, 0.2) is 24.5 Å². The molecule has 3 rings (SSSR count). The summed E-state index contributed by atoms with van der Waals surface area (Å²) in [5.74, 6) is 0.585. The maximum Gasteiger partial charge on any atom is 0.220 e. The Kier molecular flexibility index (Phi) is 9.72. The maximum atomic E-state index is 12.2. The number of aromatic nitrogens is 1. The van der Waals surface area contributed by atoms with Gasteiger partial charge in [-0.05, 0) is 49.3 Å². The number of pyridine rings is 1. The minimum Gasteiger partial charge on any atom is -0.353 e. The van der Waals surface area contributed by atoms with E-state index in [2.05, 4.69) is 27.3 Å². The molecule has 1 aliphatic heterocycles. The number of nitrogens with zero attached hydrogens (tertiary/aromatic N) is 2. The second-order valence-corrected chi connectivity index (χ2v) is 7.03. The van der Waals surface area contributed by atoms with Crippen LogP contribution in [0.1, 0.15) is 44.1 Å². The zero-order chi connectivity index (χ0) is 16.1. The molecule has 7 heteroatoms. The van der Waals surface area contributed by atoms with Crippen molar-refractivity contribution in [1.29, 1.82) is 0 Å². The van der Waals surface area contributed by atoms with Crippen LogP contribution in [-0.4, -0.2) is 41.0 Å². The van der Waals surface area contributed by atoms with Crippen LogP contribution in [0.2, 0.25) is 0 Å². The first kappa shape index (κ1) is 22.2. The van der Waals surface area contributed by atoms with Gasteiger partial charge in [0.25, 0.3) is 0 Å². The Morgan fingerprint density at radius 2 is 1.84 bits per heavy atom. The molecule has 1 aromatic heterocycles. The number of nitrogens with two attached hydrogens (primary N) is 1. The Balaban J connectivity index is 0.00000156. The van der Waals surface area contributed by atoms with E-state index in [1.165, 1.54) is 12.0 Å². The summed E-state index contributed by atoms with van der Waals surface area (Å²) in [6.07, 6.45) is 9.72. The minimum absolute atomic E-state index is 0. The summed E-state index contributed by atoms with van der Waals surface area (Å²) in [6, 6.07) is 4.69. The number of halogens is 2. The molecule has 1 saturated heterocycles. The highest BCUT2D eigenvalue weighted by atomic mass is 35.5. The van der Waals surface area contributed by atoms with Crippen molar-refractivity contribution in [1.82, 2.24) is 15.2 Å². The number of carbonyl (C=O) groups excluding carboxylic acids is 1. The predicted octanol–water partition coefficient (Wildman–Crippen LogP) is 2.52. The van der Waals surface area contributed by atoms with Gasteiger partial charge in [0, 0.05) is 50.5 Å². The van der Waals surface area contributed by atoms with Gasteiger partial charge in [0.1, 0.15) is 0 Å². The zero-order valence-electron chi connectivity index (χ0n) is 14.6. The summed E-state index contributed by atoms with van der Waals surface area (Å²) < 4.78 is 0. The Labute approximate surface area is 163 Å². The van der Waals surface area contributed by atoms with Gasteiger partial charge in [0.05, 0.1) is 0 Å². The first-order valence-electron chi connectivity index (χ1n) is 8.87. The zero-order valence-corrected chi connectivity index (χ0v) is 16.2. The molecule has 2 heterocycles. The SMILES string of the molecule is Cl.Cl.N[C@@H]1CCC[C@H]1CC(=O)NC1CCN(Cc2ccncc2)CC1. The van der Waals surface area contributed by atoms with Crippen molar-refractivity contribution in [2.24, 2.45) is 11.7 Å². The highest BCUT2D eigenvalue weighted by Crippen LogP contribution is 2.26. The van der Waals surface area contributed by atoms with Crippen LogP contribution in [0.4, 0.5) is 0 Å². The van der Waals surface area contributed by atoms with Gasteiger partial charge in [-0.2, -0.15) is 0 Å². The lowest BCUT2D eigenvalue weighted by molar-refractivity contribution is -0.123. The van der Waals surface area contributed by atoms with E-state index in [4.69, 9.17) is 5.73 Å². The molecular weight excluding hydrogens is 359 g/mol. The van der Waals surface area contributed by atoms with Crippen LogP contribution < -0.4 is 11.1 Å². The van der Waals surface area contributed by atoms with Crippen LogP contribution in [0.3, 0.4) is 0 Å². The summed E-state index contributed by atoms with van der Waals surface area (Å²) in [5, 5.41) is 3.22. The molecule has 0 unspecified atom stereocenters. The van der Waals surface area contributed by atoms with Gasteiger partial charge >= 0.3 is 0 Å². The normalized spacial score (nSPS) is 24.2. The molecular formula is C18H30Cl2N4O. The predicted molar refractivity (Wildman–Crippen MR) is 105 cm³/mol. The monoisotopic (exact) mass is 388 g/mol. The Bertz CT molecular complexity index is 509. The van der Waals surface area contributed by atoms with E-state index in [0.29, 0.717) is 18.4 Å². The molecule has 1 aliphatic carbocycles. The molecule has 2 fully saturated rings. The van der Waals surface area contributed by atoms with Crippen molar-refractivity contribution >= 4 is 30.7 Å². The minimum atomic E-state index is 0. The number of nitrogens with one attached hydrogen (secondary N) is 1. The molecule has 2 aliphatic rings. The fourth-order valence-corrected chi connectivity index (χ4v) is 3.83. The highest BCUT2D eigenvalue weighted by Gasteiger charge is 2.27. The quantitative estimate of drug-likeness (QED) is 0.812. The summed E-state index contributed by atoms with van der Waals surface area (Å²) in [5.41, 5.74) is 7.36. The van der Waals surface area contributed by atoms with Gasteiger partial charge in [-0.15, -0.1) is 24.8 Å². The molecule has 25 heavy (non-hydrogen) atoms. The lowest BCUT2D eigenvalue weighted by Crippen LogP contribution is -2.45. The average molecular weight is 389 g/mol. The first-order chi connectivity index (χ1) is 11.2. The van der Waals surface area contributed by atoms with Crippen LogP contribution in [0, 0.1) is 5.92 Å². The van der Waals surface area contributed by atoms with Crippen molar-refractivity contribution in [3.8, 4) is 0 Å². The topological polar surface area (TPSA) is 71.2 Å². The number of rotatable bonds is 5. The van der Waals surface area contributed by atoms with E-state index in [9.17, 15) is 4.79 Å².